The highest BCUT2D eigenvalue weighted by molar-refractivity contribution is 6.01. The van der Waals surface area contributed by atoms with Crippen molar-refractivity contribution in [2.75, 3.05) is 18.5 Å². The average Bonchev–Trinajstić information content (AvgIpc) is 3.12. The number of carbonyl (C=O) groups excluding carboxylic acids is 1. The Hall–Kier alpha value is -3.42. The van der Waals surface area contributed by atoms with Gasteiger partial charge in [-0.3, -0.25) is 4.79 Å². The molecule has 7 nitrogen and oxygen atoms in total. The molecule has 126 valence electrons. The van der Waals surface area contributed by atoms with Crippen LogP contribution in [0.3, 0.4) is 0 Å². The second-order valence-corrected chi connectivity index (χ2v) is 5.23. The summed E-state index contributed by atoms with van der Waals surface area (Å²) in [6, 6.07) is 10.6. The number of rotatable bonds is 3. The predicted octanol–water partition coefficient (Wildman–Crippen LogP) is 2.90. The number of nitrogens with zero attached hydrogens (tertiary/aromatic N) is 2. The van der Waals surface area contributed by atoms with Gasteiger partial charge in [-0.2, -0.15) is 0 Å². The van der Waals surface area contributed by atoms with Crippen molar-refractivity contribution in [3.05, 3.63) is 54.2 Å². The van der Waals surface area contributed by atoms with Gasteiger partial charge in [0.1, 0.15) is 19.0 Å². The van der Waals surface area contributed by atoms with Gasteiger partial charge in [-0.25, -0.2) is 4.39 Å². The second kappa shape index (κ2) is 6.23. The molecule has 0 bridgehead atoms. The predicted molar refractivity (Wildman–Crippen MR) is 85.1 cm³/mol. The fraction of sp³-hybridized carbons (Fsp3) is 0.118. The van der Waals surface area contributed by atoms with Gasteiger partial charge in [-0.05, 0) is 36.4 Å². The van der Waals surface area contributed by atoms with E-state index in [1.165, 1.54) is 24.3 Å². The summed E-state index contributed by atoms with van der Waals surface area (Å²) in [5.41, 5.74) is 1.03. The van der Waals surface area contributed by atoms with E-state index in [1.807, 2.05) is 0 Å². The van der Waals surface area contributed by atoms with Crippen LogP contribution in [-0.2, 0) is 0 Å². The molecule has 4 rings (SSSR count). The molecule has 1 aliphatic heterocycles. The van der Waals surface area contributed by atoms with Crippen molar-refractivity contribution >= 4 is 11.6 Å². The third-order valence-corrected chi connectivity index (χ3v) is 3.51. The minimum atomic E-state index is -0.558. The smallest absolute Gasteiger partial charge is 0.313 e. The minimum absolute atomic E-state index is 0.132. The highest BCUT2D eigenvalue weighted by atomic mass is 19.1. The Kier molecular flexibility index (Phi) is 3.77. The number of fused-ring (bicyclic) bond motifs is 1. The van der Waals surface area contributed by atoms with Crippen LogP contribution in [0.5, 0.6) is 11.5 Å². The number of ether oxygens (including phenoxy) is 2. The van der Waals surface area contributed by atoms with Crippen molar-refractivity contribution in [2.45, 2.75) is 0 Å². The van der Waals surface area contributed by atoms with Crippen LogP contribution >= 0.6 is 0 Å². The molecule has 8 heteroatoms. The fourth-order valence-electron chi connectivity index (χ4n) is 2.33. The molecule has 0 spiro atoms. The van der Waals surface area contributed by atoms with Gasteiger partial charge in [0.15, 0.2) is 11.5 Å². The molecule has 0 atom stereocenters. The zero-order valence-corrected chi connectivity index (χ0v) is 12.9. The second-order valence-electron chi connectivity index (χ2n) is 5.23. The van der Waals surface area contributed by atoms with E-state index in [2.05, 4.69) is 15.5 Å². The first-order valence-corrected chi connectivity index (χ1v) is 7.49. The lowest BCUT2D eigenvalue weighted by atomic mass is 10.2. The number of anilines is 1. The fourth-order valence-corrected chi connectivity index (χ4v) is 2.33. The van der Waals surface area contributed by atoms with E-state index in [0.29, 0.717) is 36.0 Å². The van der Waals surface area contributed by atoms with Crippen LogP contribution in [0.25, 0.3) is 11.5 Å². The number of aromatic nitrogens is 2. The Morgan fingerprint density at radius 2 is 1.76 bits per heavy atom. The van der Waals surface area contributed by atoms with Crippen molar-refractivity contribution in [2.24, 2.45) is 0 Å². The molecule has 25 heavy (non-hydrogen) atoms. The van der Waals surface area contributed by atoms with E-state index in [0.717, 1.165) is 0 Å². The van der Waals surface area contributed by atoms with Gasteiger partial charge >= 0.3 is 11.8 Å². The minimum Gasteiger partial charge on any atom is -0.486 e. The van der Waals surface area contributed by atoms with Crippen molar-refractivity contribution < 1.29 is 23.1 Å². The molecule has 0 saturated heterocycles. The molecule has 1 amide bonds. The van der Waals surface area contributed by atoms with Crippen LogP contribution in [0.4, 0.5) is 10.1 Å². The average molecular weight is 341 g/mol. The van der Waals surface area contributed by atoms with Crippen molar-refractivity contribution in [3.8, 4) is 23.0 Å². The van der Waals surface area contributed by atoms with Gasteiger partial charge in [0, 0.05) is 17.3 Å². The van der Waals surface area contributed by atoms with Crippen molar-refractivity contribution in [1.29, 1.82) is 0 Å². The van der Waals surface area contributed by atoms with E-state index in [1.54, 1.807) is 18.2 Å². The first-order chi connectivity index (χ1) is 12.2. The summed E-state index contributed by atoms with van der Waals surface area (Å²) in [6.07, 6.45) is 0. The third kappa shape index (κ3) is 3.14. The molecule has 2 heterocycles. The summed E-state index contributed by atoms with van der Waals surface area (Å²) < 4.78 is 29.2. The summed E-state index contributed by atoms with van der Waals surface area (Å²) in [5.74, 6) is 0.182. The number of hydrogen-bond donors (Lipinski definition) is 1. The lowest BCUT2D eigenvalue weighted by molar-refractivity contribution is 0.0990. The van der Waals surface area contributed by atoms with Crippen LogP contribution in [-0.4, -0.2) is 29.3 Å². The molecule has 1 aliphatic rings. The Labute approximate surface area is 141 Å². The lowest BCUT2D eigenvalue weighted by Gasteiger charge is -2.18. The normalized spacial score (nSPS) is 12.7. The Balaban J connectivity index is 1.51. The van der Waals surface area contributed by atoms with Gasteiger partial charge in [-0.1, -0.05) is 0 Å². The summed E-state index contributed by atoms with van der Waals surface area (Å²) in [7, 11) is 0. The highest BCUT2D eigenvalue weighted by Gasteiger charge is 2.18. The van der Waals surface area contributed by atoms with E-state index in [-0.39, 0.29) is 17.6 Å². The number of halogens is 1. The quantitative estimate of drug-likeness (QED) is 0.788. The first-order valence-electron chi connectivity index (χ1n) is 7.49. The summed E-state index contributed by atoms with van der Waals surface area (Å²) in [6.45, 7) is 0.946. The number of carbonyl (C=O) groups is 1. The topological polar surface area (TPSA) is 86.5 Å². The maximum absolute atomic E-state index is 12.9. The maximum Gasteiger partial charge on any atom is 0.313 e. The van der Waals surface area contributed by atoms with Crippen molar-refractivity contribution in [3.63, 3.8) is 0 Å². The molecule has 1 aromatic heterocycles. The zero-order chi connectivity index (χ0) is 17.2. The molecule has 3 aromatic rings. The van der Waals surface area contributed by atoms with E-state index in [4.69, 9.17) is 13.9 Å². The Morgan fingerprint density at radius 1 is 1.00 bits per heavy atom. The van der Waals surface area contributed by atoms with Gasteiger partial charge in [-0.15, -0.1) is 10.2 Å². The summed E-state index contributed by atoms with van der Waals surface area (Å²) in [5, 5.41) is 10.2. The molecule has 0 unspecified atom stereocenters. The Morgan fingerprint density at radius 3 is 2.56 bits per heavy atom. The molecular weight excluding hydrogens is 329 g/mol. The van der Waals surface area contributed by atoms with E-state index in [9.17, 15) is 9.18 Å². The zero-order valence-electron chi connectivity index (χ0n) is 12.9. The first kappa shape index (κ1) is 15.1. The lowest BCUT2D eigenvalue weighted by Crippen LogP contribution is -2.16. The molecular formula is C17H12FN3O4. The number of hydrogen-bond acceptors (Lipinski definition) is 6. The van der Waals surface area contributed by atoms with Crippen LogP contribution < -0.4 is 14.8 Å². The monoisotopic (exact) mass is 341 g/mol. The van der Waals surface area contributed by atoms with Gasteiger partial charge in [0.2, 0.25) is 5.89 Å². The number of amides is 1. The molecule has 2 aromatic carbocycles. The number of benzene rings is 2. The SMILES string of the molecule is O=C(Nc1ccc2c(c1)OCCO2)c1nnc(-c2ccc(F)cc2)o1. The summed E-state index contributed by atoms with van der Waals surface area (Å²) in [4.78, 5) is 12.2. The largest absolute Gasteiger partial charge is 0.486 e. The van der Waals surface area contributed by atoms with Gasteiger partial charge in [0.25, 0.3) is 0 Å². The van der Waals surface area contributed by atoms with E-state index < -0.39 is 5.91 Å². The summed E-state index contributed by atoms with van der Waals surface area (Å²) >= 11 is 0. The molecule has 0 radical (unpaired) electrons. The van der Waals surface area contributed by atoms with E-state index >= 15 is 0 Å². The van der Waals surface area contributed by atoms with Crippen LogP contribution in [0.1, 0.15) is 10.7 Å². The molecule has 0 aliphatic carbocycles. The van der Waals surface area contributed by atoms with Crippen LogP contribution in [0.2, 0.25) is 0 Å². The van der Waals surface area contributed by atoms with Gasteiger partial charge < -0.3 is 19.2 Å². The van der Waals surface area contributed by atoms with Crippen molar-refractivity contribution in [1.82, 2.24) is 10.2 Å². The third-order valence-electron chi connectivity index (χ3n) is 3.51. The molecule has 1 N–H and O–H groups in total. The Bertz CT molecular complexity index is 924. The van der Waals surface area contributed by atoms with Gasteiger partial charge in [0.05, 0.1) is 0 Å². The molecule has 0 fully saturated rings. The molecule has 0 saturated carbocycles. The standard InChI is InChI=1S/C17H12FN3O4/c18-11-3-1-10(2-4-11)16-20-21-17(25-16)15(22)19-12-5-6-13-14(9-12)24-8-7-23-13/h1-6,9H,7-8H2,(H,19,22). The maximum atomic E-state index is 12.9. The van der Waals surface area contributed by atoms with Crippen LogP contribution in [0, 0.1) is 5.82 Å². The van der Waals surface area contributed by atoms with Crippen LogP contribution in [0.15, 0.2) is 46.9 Å². The highest BCUT2D eigenvalue weighted by Crippen LogP contribution is 2.32. The number of nitrogens with one attached hydrogen (secondary N) is 1.